The molecule has 3 rings (SSSR count). The Labute approximate surface area is 146 Å². The zero-order valence-electron chi connectivity index (χ0n) is 14.0. The zero-order valence-corrected chi connectivity index (χ0v) is 14.8. The zero-order chi connectivity index (χ0) is 18.2. The largest absolute Gasteiger partial charge is 0.478 e. The van der Waals surface area contributed by atoms with Crippen molar-refractivity contribution in [3.63, 3.8) is 0 Å². The van der Waals surface area contributed by atoms with Crippen LogP contribution in [0.2, 0.25) is 0 Å². The normalized spacial score (nSPS) is 18.4. The Morgan fingerprint density at radius 3 is 2.48 bits per heavy atom. The lowest BCUT2D eigenvalue weighted by atomic mass is 10.1. The third-order valence-electron chi connectivity index (χ3n) is 4.28. The maximum absolute atomic E-state index is 11.7. The number of carboxylic acid groups (broad SMARTS) is 1. The second kappa shape index (κ2) is 6.53. The number of carbonyl (C=O) groups is 1. The number of aryl methyl sites for hydroxylation is 1. The summed E-state index contributed by atoms with van der Waals surface area (Å²) in [5.41, 5.74) is 2.52. The smallest absolute Gasteiger partial charge is 0.335 e. The fraction of sp³-hybridized carbons (Fsp3) is 0.353. The summed E-state index contributed by atoms with van der Waals surface area (Å²) in [4.78, 5) is 20.0. The summed E-state index contributed by atoms with van der Waals surface area (Å²) in [6.07, 6.45) is 1.90. The van der Waals surface area contributed by atoms with Crippen molar-refractivity contribution in [3.8, 4) is 11.3 Å². The molecule has 0 amide bonds. The van der Waals surface area contributed by atoms with Gasteiger partial charge in [0.2, 0.25) is 10.0 Å². The summed E-state index contributed by atoms with van der Waals surface area (Å²) in [6.45, 7) is 2.73. The monoisotopic (exact) mass is 361 g/mol. The van der Waals surface area contributed by atoms with Crippen molar-refractivity contribution in [1.82, 2.24) is 14.3 Å². The Kier molecular flexibility index (Phi) is 4.57. The first-order valence-corrected chi connectivity index (χ1v) is 9.73. The highest BCUT2D eigenvalue weighted by Crippen LogP contribution is 2.28. The van der Waals surface area contributed by atoms with Gasteiger partial charge in [-0.25, -0.2) is 27.5 Å². The number of aromatic carboxylic acids is 1. The number of sulfonamides is 1. The van der Waals surface area contributed by atoms with Crippen LogP contribution in [-0.2, 0) is 10.0 Å². The van der Waals surface area contributed by atoms with Crippen LogP contribution >= 0.6 is 0 Å². The van der Waals surface area contributed by atoms with E-state index in [4.69, 9.17) is 5.11 Å². The molecule has 132 valence electrons. The van der Waals surface area contributed by atoms with Crippen LogP contribution in [0.15, 0.2) is 30.3 Å². The van der Waals surface area contributed by atoms with Crippen LogP contribution in [0.25, 0.3) is 11.3 Å². The van der Waals surface area contributed by atoms with Gasteiger partial charge in [0, 0.05) is 30.3 Å². The van der Waals surface area contributed by atoms with Crippen molar-refractivity contribution in [2.24, 2.45) is 0 Å². The van der Waals surface area contributed by atoms with E-state index in [-0.39, 0.29) is 11.5 Å². The van der Waals surface area contributed by atoms with Gasteiger partial charge in [-0.05, 0) is 31.5 Å². The first-order chi connectivity index (χ1) is 11.7. The van der Waals surface area contributed by atoms with Crippen molar-refractivity contribution in [2.45, 2.75) is 19.3 Å². The molecule has 0 bridgehead atoms. The van der Waals surface area contributed by atoms with Gasteiger partial charge in [0.25, 0.3) is 0 Å². The average molecular weight is 361 g/mol. The third-order valence-corrected chi connectivity index (χ3v) is 5.55. The molecule has 1 fully saturated rings. The minimum absolute atomic E-state index is 0.0355. The lowest BCUT2D eigenvalue weighted by molar-refractivity contribution is 0.0697. The fourth-order valence-electron chi connectivity index (χ4n) is 2.95. The molecule has 25 heavy (non-hydrogen) atoms. The quantitative estimate of drug-likeness (QED) is 0.893. The first kappa shape index (κ1) is 17.5. The van der Waals surface area contributed by atoms with Gasteiger partial charge in [-0.1, -0.05) is 12.1 Å². The predicted octanol–water partition coefficient (Wildman–Crippen LogP) is 1.90. The van der Waals surface area contributed by atoms with Gasteiger partial charge < -0.3 is 5.11 Å². The van der Waals surface area contributed by atoms with Crippen LogP contribution in [0, 0.1) is 6.92 Å². The number of hydrogen-bond acceptors (Lipinski definition) is 5. The van der Waals surface area contributed by atoms with E-state index in [9.17, 15) is 13.2 Å². The molecule has 2 heterocycles. The Morgan fingerprint density at radius 1 is 1.24 bits per heavy atom. The highest BCUT2D eigenvalue weighted by molar-refractivity contribution is 7.88. The van der Waals surface area contributed by atoms with Crippen LogP contribution in [0.5, 0.6) is 0 Å². The molecule has 0 spiro atoms. The van der Waals surface area contributed by atoms with Crippen molar-refractivity contribution < 1.29 is 18.3 Å². The molecule has 0 unspecified atom stereocenters. The van der Waals surface area contributed by atoms with E-state index < -0.39 is 16.0 Å². The molecule has 1 aliphatic rings. The number of carboxylic acids is 1. The SMILES string of the molecule is Cc1cc(-c2ccc(C(=O)O)cc2)nc([C@@H]2CCN(S(C)(=O)=O)C2)n1. The molecule has 1 aromatic carbocycles. The predicted molar refractivity (Wildman–Crippen MR) is 92.9 cm³/mol. The highest BCUT2D eigenvalue weighted by Gasteiger charge is 2.31. The summed E-state index contributed by atoms with van der Waals surface area (Å²) in [5, 5.41) is 8.99. The molecule has 0 radical (unpaired) electrons. The second-order valence-corrected chi connectivity index (χ2v) is 8.22. The van der Waals surface area contributed by atoms with E-state index in [1.807, 2.05) is 13.0 Å². The molecule has 1 saturated heterocycles. The molecule has 0 aliphatic carbocycles. The molecule has 1 atom stereocenters. The number of nitrogens with zero attached hydrogens (tertiary/aromatic N) is 3. The van der Waals surface area contributed by atoms with E-state index >= 15 is 0 Å². The van der Waals surface area contributed by atoms with Gasteiger partial charge in [0.1, 0.15) is 5.82 Å². The Hall–Kier alpha value is -2.32. The van der Waals surface area contributed by atoms with E-state index in [1.54, 1.807) is 12.1 Å². The molecule has 1 aromatic heterocycles. The van der Waals surface area contributed by atoms with Gasteiger partial charge in [0.05, 0.1) is 17.5 Å². The fourth-order valence-corrected chi connectivity index (χ4v) is 3.83. The van der Waals surface area contributed by atoms with Crippen molar-refractivity contribution in [2.75, 3.05) is 19.3 Å². The minimum Gasteiger partial charge on any atom is -0.478 e. The maximum atomic E-state index is 11.7. The van der Waals surface area contributed by atoms with E-state index in [2.05, 4.69) is 9.97 Å². The van der Waals surface area contributed by atoms with E-state index in [0.717, 1.165) is 11.3 Å². The number of benzene rings is 1. The van der Waals surface area contributed by atoms with E-state index in [1.165, 1.54) is 22.7 Å². The molecule has 2 aromatic rings. The van der Waals surface area contributed by atoms with Crippen molar-refractivity contribution in [3.05, 3.63) is 47.4 Å². The topological polar surface area (TPSA) is 100 Å². The van der Waals surface area contributed by atoms with Gasteiger partial charge >= 0.3 is 5.97 Å². The summed E-state index contributed by atoms with van der Waals surface area (Å²) in [7, 11) is -3.21. The summed E-state index contributed by atoms with van der Waals surface area (Å²) < 4.78 is 24.8. The summed E-state index contributed by atoms with van der Waals surface area (Å²) in [6, 6.07) is 8.34. The standard InChI is InChI=1S/C17H19N3O4S/c1-11-9-15(12-3-5-13(6-4-12)17(21)22)19-16(18-11)14-7-8-20(10-14)25(2,23)24/h3-6,9,14H,7-8,10H2,1-2H3,(H,21,22)/t14-/m1/s1. The van der Waals surface area contributed by atoms with Crippen LogP contribution in [-0.4, -0.2) is 53.1 Å². The Balaban J connectivity index is 1.90. The molecule has 1 N–H and O–H groups in total. The number of hydrogen-bond donors (Lipinski definition) is 1. The molecular weight excluding hydrogens is 342 g/mol. The Bertz CT molecular complexity index is 910. The third kappa shape index (κ3) is 3.85. The molecule has 0 saturated carbocycles. The summed E-state index contributed by atoms with van der Waals surface area (Å²) in [5.74, 6) is -0.381. The van der Waals surface area contributed by atoms with Gasteiger partial charge in [-0.2, -0.15) is 0 Å². The number of rotatable bonds is 4. The summed E-state index contributed by atoms with van der Waals surface area (Å²) >= 11 is 0. The molecule has 1 aliphatic heterocycles. The lowest BCUT2D eigenvalue weighted by Gasteiger charge is -2.14. The average Bonchev–Trinajstić information content (AvgIpc) is 3.04. The molecule has 8 heteroatoms. The molecule has 7 nitrogen and oxygen atoms in total. The van der Waals surface area contributed by atoms with Gasteiger partial charge in [-0.15, -0.1) is 0 Å². The van der Waals surface area contributed by atoms with Crippen LogP contribution in [0.3, 0.4) is 0 Å². The first-order valence-electron chi connectivity index (χ1n) is 7.88. The van der Waals surface area contributed by atoms with Gasteiger partial charge in [-0.3, -0.25) is 0 Å². The van der Waals surface area contributed by atoms with Crippen LogP contribution < -0.4 is 0 Å². The van der Waals surface area contributed by atoms with Gasteiger partial charge in [0.15, 0.2) is 0 Å². The van der Waals surface area contributed by atoms with Crippen molar-refractivity contribution >= 4 is 16.0 Å². The van der Waals surface area contributed by atoms with Crippen molar-refractivity contribution in [1.29, 1.82) is 0 Å². The highest BCUT2D eigenvalue weighted by atomic mass is 32.2. The lowest BCUT2D eigenvalue weighted by Crippen LogP contribution is -2.27. The maximum Gasteiger partial charge on any atom is 0.335 e. The molecular formula is C17H19N3O4S. The Morgan fingerprint density at radius 2 is 1.92 bits per heavy atom. The van der Waals surface area contributed by atoms with Crippen LogP contribution in [0.1, 0.15) is 34.2 Å². The minimum atomic E-state index is -3.21. The second-order valence-electron chi connectivity index (χ2n) is 6.24. The number of aromatic nitrogens is 2. The van der Waals surface area contributed by atoms with E-state index in [0.29, 0.717) is 31.0 Å². The van der Waals surface area contributed by atoms with Crippen LogP contribution in [0.4, 0.5) is 0 Å².